The number of halogens is 2. The number of morpholine rings is 1. The minimum Gasteiger partial charge on any atom is -0.377 e. The highest BCUT2D eigenvalue weighted by atomic mass is 19.1. The van der Waals surface area contributed by atoms with Crippen LogP contribution in [0.4, 0.5) is 14.5 Å². The molecule has 1 atom stereocenters. The lowest BCUT2D eigenvalue weighted by Gasteiger charge is -2.37. The molecule has 0 aromatic heterocycles. The molecule has 1 aliphatic rings. The van der Waals surface area contributed by atoms with Gasteiger partial charge in [-0.25, -0.2) is 8.78 Å². The summed E-state index contributed by atoms with van der Waals surface area (Å²) in [4.78, 5) is 1.78. The van der Waals surface area contributed by atoms with E-state index in [0.717, 1.165) is 6.42 Å². The zero-order chi connectivity index (χ0) is 13.8. The molecule has 1 aromatic rings. The van der Waals surface area contributed by atoms with Gasteiger partial charge < -0.3 is 15.4 Å². The van der Waals surface area contributed by atoms with Crippen LogP contribution in [0.15, 0.2) is 12.1 Å². The van der Waals surface area contributed by atoms with E-state index < -0.39 is 11.6 Å². The lowest BCUT2D eigenvalue weighted by Crippen LogP contribution is -2.46. The Morgan fingerprint density at radius 3 is 2.63 bits per heavy atom. The first-order valence-electron chi connectivity index (χ1n) is 6.69. The molecule has 2 N–H and O–H groups in total. The minimum absolute atomic E-state index is 0.0260. The molecule has 0 amide bonds. The van der Waals surface area contributed by atoms with E-state index in [1.54, 1.807) is 4.90 Å². The van der Waals surface area contributed by atoms with Crippen molar-refractivity contribution in [3.8, 4) is 0 Å². The monoisotopic (exact) mass is 270 g/mol. The Morgan fingerprint density at radius 1 is 1.37 bits per heavy atom. The summed E-state index contributed by atoms with van der Waals surface area (Å²) in [5.74, 6) is -1.02. The zero-order valence-electron chi connectivity index (χ0n) is 11.2. The number of nitrogens with two attached hydrogens (primary N) is 1. The summed E-state index contributed by atoms with van der Waals surface area (Å²) in [6.45, 7) is 3.90. The number of nitrogens with zero attached hydrogens (tertiary/aromatic N) is 1. The van der Waals surface area contributed by atoms with E-state index in [4.69, 9.17) is 10.5 Å². The lowest BCUT2D eigenvalue weighted by molar-refractivity contribution is 0.0922. The number of rotatable bonds is 4. The molecule has 19 heavy (non-hydrogen) atoms. The number of hydrogen-bond donors (Lipinski definition) is 1. The van der Waals surface area contributed by atoms with E-state index in [9.17, 15) is 8.78 Å². The van der Waals surface area contributed by atoms with Gasteiger partial charge in [-0.2, -0.15) is 0 Å². The van der Waals surface area contributed by atoms with Crippen LogP contribution in [0.25, 0.3) is 0 Å². The van der Waals surface area contributed by atoms with Crippen molar-refractivity contribution >= 4 is 5.69 Å². The number of anilines is 1. The highest BCUT2D eigenvalue weighted by Gasteiger charge is 2.26. The maximum atomic E-state index is 14.2. The summed E-state index contributed by atoms with van der Waals surface area (Å²) >= 11 is 0. The van der Waals surface area contributed by atoms with Gasteiger partial charge in [0.1, 0.15) is 17.3 Å². The maximum absolute atomic E-state index is 14.2. The fourth-order valence-electron chi connectivity index (χ4n) is 2.49. The first-order valence-corrected chi connectivity index (χ1v) is 6.69. The van der Waals surface area contributed by atoms with Crippen molar-refractivity contribution in [1.29, 1.82) is 0 Å². The molecular formula is C14H20F2N2O. The highest BCUT2D eigenvalue weighted by Crippen LogP contribution is 2.29. The van der Waals surface area contributed by atoms with Gasteiger partial charge in [0.25, 0.3) is 0 Å². The minimum atomic E-state index is -0.510. The van der Waals surface area contributed by atoms with Crippen molar-refractivity contribution in [2.24, 2.45) is 5.73 Å². The smallest absolute Gasteiger partial charge is 0.149 e. The standard InChI is InChI=1S/C14H20F2N2O/c1-2-11-9-19-6-5-18(11)14-12(15)7-10(3-4-17)8-13(14)16/h7-8,11H,2-6,9,17H2,1H3. The topological polar surface area (TPSA) is 38.5 Å². The van der Waals surface area contributed by atoms with E-state index >= 15 is 0 Å². The highest BCUT2D eigenvalue weighted by molar-refractivity contribution is 5.52. The molecule has 1 unspecified atom stereocenters. The van der Waals surface area contributed by atoms with Crippen molar-refractivity contribution in [2.45, 2.75) is 25.8 Å². The molecule has 0 radical (unpaired) electrons. The molecule has 106 valence electrons. The van der Waals surface area contributed by atoms with Gasteiger partial charge >= 0.3 is 0 Å². The largest absolute Gasteiger partial charge is 0.377 e. The summed E-state index contributed by atoms with van der Waals surface area (Å²) in [5.41, 5.74) is 6.08. The fraction of sp³-hybridized carbons (Fsp3) is 0.571. The second kappa shape index (κ2) is 6.30. The van der Waals surface area contributed by atoms with Crippen LogP contribution in [0.3, 0.4) is 0 Å². The summed E-state index contributed by atoms with van der Waals surface area (Å²) in [5, 5.41) is 0. The van der Waals surface area contributed by atoms with Crippen molar-refractivity contribution in [2.75, 3.05) is 31.2 Å². The van der Waals surface area contributed by atoms with Gasteiger partial charge in [-0.15, -0.1) is 0 Å². The van der Waals surface area contributed by atoms with Gasteiger partial charge in [-0.3, -0.25) is 0 Å². The third kappa shape index (κ3) is 3.04. The number of ether oxygens (including phenoxy) is 1. The molecule has 1 heterocycles. The van der Waals surface area contributed by atoms with Crippen LogP contribution in [-0.4, -0.2) is 32.3 Å². The molecule has 1 aromatic carbocycles. The lowest BCUT2D eigenvalue weighted by atomic mass is 10.1. The van der Waals surface area contributed by atoms with Crippen LogP contribution in [0.1, 0.15) is 18.9 Å². The molecule has 0 saturated carbocycles. The second-order valence-electron chi connectivity index (χ2n) is 4.78. The van der Waals surface area contributed by atoms with Crippen LogP contribution in [0.5, 0.6) is 0 Å². The molecule has 1 fully saturated rings. The molecule has 3 nitrogen and oxygen atoms in total. The number of hydrogen-bond acceptors (Lipinski definition) is 3. The molecule has 1 aliphatic heterocycles. The number of benzene rings is 1. The van der Waals surface area contributed by atoms with Crippen LogP contribution >= 0.6 is 0 Å². The average Bonchev–Trinajstić information content (AvgIpc) is 2.39. The van der Waals surface area contributed by atoms with E-state index in [0.29, 0.717) is 38.3 Å². The van der Waals surface area contributed by atoms with Gasteiger partial charge in [-0.05, 0) is 37.1 Å². The van der Waals surface area contributed by atoms with Crippen LogP contribution in [-0.2, 0) is 11.2 Å². The van der Waals surface area contributed by atoms with Crippen LogP contribution in [0, 0.1) is 11.6 Å². The summed E-state index contributed by atoms with van der Waals surface area (Å²) < 4.78 is 33.7. The SMILES string of the molecule is CCC1COCCN1c1c(F)cc(CCN)cc1F. The molecule has 1 saturated heterocycles. The third-order valence-electron chi connectivity index (χ3n) is 3.50. The van der Waals surface area contributed by atoms with E-state index in [1.807, 2.05) is 6.92 Å². The predicted octanol–water partition coefficient (Wildman–Crippen LogP) is 2.08. The molecule has 0 aliphatic carbocycles. The van der Waals surface area contributed by atoms with Gasteiger partial charge in [-0.1, -0.05) is 6.92 Å². The molecule has 0 bridgehead atoms. The zero-order valence-corrected chi connectivity index (χ0v) is 11.2. The van der Waals surface area contributed by atoms with E-state index in [2.05, 4.69) is 0 Å². The van der Waals surface area contributed by atoms with Gasteiger partial charge in [0, 0.05) is 6.54 Å². The van der Waals surface area contributed by atoms with Gasteiger partial charge in [0.15, 0.2) is 0 Å². The Bertz CT molecular complexity index is 416. The average molecular weight is 270 g/mol. The Balaban J connectivity index is 2.32. The normalized spacial score (nSPS) is 19.8. The van der Waals surface area contributed by atoms with Crippen molar-refractivity contribution < 1.29 is 13.5 Å². The Labute approximate surface area is 112 Å². The fourth-order valence-corrected chi connectivity index (χ4v) is 2.49. The molecule has 0 spiro atoms. The molecule has 5 heteroatoms. The van der Waals surface area contributed by atoms with Crippen molar-refractivity contribution in [3.05, 3.63) is 29.3 Å². The van der Waals surface area contributed by atoms with E-state index in [1.165, 1.54) is 12.1 Å². The Kier molecular flexibility index (Phi) is 4.71. The predicted molar refractivity (Wildman–Crippen MR) is 71.4 cm³/mol. The molecule has 2 rings (SSSR count). The van der Waals surface area contributed by atoms with Gasteiger partial charge in [0.2, 0.25) is 0 Å². The summed E-state index contributed by atoms with van der Waals surface area (Å²) in [6, 6.07) is 2.79. The first-order chi connectivity index (χ1) is 9.17. The second-order valence-corrected chi connectivity index (χ2v) is 4.78. The van der Waals surface area contributed by atoms with Gasteiger partial charge in [0.05, 0.1) is 19.3 Å². The Morgan fingerprint density at radius 2 is 2.05 bits per heavy atom. The summed E-state index contributed by atoms with van der Waals surface area (Å²) in [7, 11) is 0. The van der Waals surface area contributed by atoms with Crippen LogP contribution < -0.4 is 10.6 Å². The van der Waals surface area contributed by atoms with Crippen molar-refractivity contribution in [1.82, 2.24) is 0 Å². The first kappa shape index (κ1) is 14.2. The molecular weight excluding hydrogens is 250 g/mol. The summed E-state index contributed by atoms with van der Waals surface area (Å²) in [6.07, 6.45) is 1.28. The van der Waals surface area contributed by atoms with Crippen molar-refractivity contribution in [3.63, 3.8) is 0 Å². The maximum Gasteiger partial charge on any atom is 0.149 e. The van der Waals surface area contributed by atoms with Crippen LogP contribution in [0.2, 0.25) is 0 Å². The third-order valence-corrected chi connectivity index (χ3v) is 3.50. The Hall–Kier alpha value is -1.20. The van der Waals surface area contributed by atoms with E-state index in [-0.39, 0.29) is 11.7 Å². The quantitative estimate of drug-likeness (QED) is 0.910.